The number of alkyl halides is 3. The molecule has 4 nitrogen and oxygen atoms in total. The Morgan fingerprint density at radius 1 is 1.15 bits per heavy atom. The highest BCUT2D eigenvalue weighted by molar-refractivity contribution is 6.30. The molecule has 9 heteroatoms. The molecule has 1 N–H and O–H groups in total. The van der Waals surface area contributed by atoms with Crippen LogP contribution in [0.1, 0.15) is 29.8 Å². The van der Waals surface area contributed by atoms with Crippen molar-refractivity contribution in [1.82, 2.24) is 15.2 Å². The van der Waals surface area contributed by atoms with Crippen LogP contribution in [0.15, 0.2) is 30.5 Å². The summed E-state index contributed by atoms with van der Waals surface area (Å²) in [5.41, 5.74) is -0.820. The van der Waals surface area contributed by atoms with Crippen LogP contribution in [0, 0.1) is 12.7 Å². The predicted octanol–water partition coefficient (Wildman–Crippen LogP) is 5.32. The molecule has 0 saturated heterocycles. The number of anilines is 1. The van der Waals surface area contributed by atoms with Gasteiger partial charge < -0.3 is 5.32 Å². The van der Waals surface area contributed by atoms with E-state index < -0.39 is 23.6 Å². The van der Waals surface area contributed by atoms with Crippen LogP contribution in [0.3, 0.4) is 0 Å². The Balaban J connectivity index is 2.02. The summed E-state index contributed by atoms with van der Waals surface area (Å²) in [4.78, 5) is 3.98. The van der Waals surface area contributed by atoms with Crippen molar-refractivity contribution < 1.29 is 17.6 Å². The maximum Gasteiger partial charge on any atom is 0.419 e. The zero-order valence-electron chi connectivity index (χ0n) is 13.7. The van der Waals surface area contributed by atoms with Crippen molar-refractivity contribution in [3.8, 4) is 0 Å². The summed E-state index contributed by atoms with van der Waals surface area (Å²) in [5, 5.41) is 12.4. The lowest BCUT2D eigenvalue weighted by atomic mass is 10.0. The van der Waals surface area contributed by atoms with Gasteiger partial charge in [0.2, 0.25) is 0 Å². The minimum Gasteiger partial charge on any atom is -0.361 e. The largest absolute Gasteiger partial charge is 0.419 e. The van der Waals surface area contributed by atoms with Crippen LogP contribution < -0.4 is 5.32 Å². The average molecular weight is 385 g/mol. The van der Waals surface area contributed by atoms with Gasteiger partial charge in [-0.25, -0.2) is 9.37 Å². The number of nitrogens with one attached hydrogen (secondary N) is 1. The van der Waals surface area contributed by atoms with E-state index in [0.29, 0.717) is 22.5 Å². The molecule has 0 aliphatic carbocycles. The SMILES string of the molecule is Cc1nnc(N[C@H](C)c2cccc(C(F)(F)F)c2F)c2cc(Cl)ncc12. The smallest absolute Gasteiger partial charge is 0.361 e. The molecule has 1 aromatic carbocycles. The van der Waals surface area contributed by atoms with Gasteiger partial charge in [-0.05, 0) is 26.0 Å². The van der Waals surface area contributed by atoms with Crippen molar-refractivity contribution >= 4 is 28.2 Å². The first-order chi connectivity index (χ1) is 12.2. The first-order valence-corrected chi connectivity index (χ1v) is 7.97. The lowest BCUT2D eigenvalue weighted by Gasteiger charge is -2.19. The predicted molar refractivity (Wildman–Crippen MR) is 90.5 cm³/mol. The molecule has 0 radical (unpaired) electrons. The topological polar surface area (TPSA) is 50.7 Å². The van der Waals surface area contributed by atoms with Crippen LogP contribution in [0.4, 0.5) is 23.4 Å². The number of benzene rings is 1. The number of fused-ring (bicyclic) bond motifs is 1. The highest BCUT2D eigenvalue weighted by Gasteiger charge is 2.35. The molecule has 0 amide bonds. The third-order valence-electron chi connectivity index (χ3n) is 3.97. The zero-order valence-corrected chi connectivity index (χ0v) is 14.5. The van der Waals surface area contributed by atoms with E-state index in [1.165, 1.54) is 25.3 Å². The molecule has 2 aromatic heterocycles. The van der Waals surface area contributed by atoms with Crippen molar-refractivity contribution in [2.45, 2.75) is 26.1 Å². The lowest BCUT2D eigenvalue weighted by Crippen LogP contribution is -2.15. The first-order valence-electron chi connectivity index (χ1n) is 7.59. The third-order valence-corrected chi connectivity index (χ3v) is 4.18. The molecule has 0 unspecified atom stereocenters. The Bertz CT molecular complexity index is 975. The second-order valence-electron chi connectivity index (χ2n) is 5.76. The molecule has 0 aliphatic heterocycles. The zero-order chi connectivity index (χ0) is 19.1. The van der Waals surface area contributed by atoms with Gasteiger partial charge in [0.25, 0.3) is 0 Å². The molecule has 3 aromatic rings. The first kappa shape index (κ1) is 18.3. The van der Waals surface area contributed by atoms with Gasteiger partial charge in [-0.2, -0.15) is 18.3 Å². The second-order valence-corrected chi connectivity index (χ2v) is 6.15. The maximum absolute atomic E-state index is 14.3. The van der Waals surface area contributed by atoms with Gasteiger partial charge in [0.15, 0.2) is 5.82 Å². The van der Waals surface area contributed by atoms with Crippen molar-refractivity contribution in [3.05, 3.63) is 58.3 Å². The van der Waals surface area contributed by atoms with Gasteiger partial charge >= 0.3 is 6.18 Å². The van der Waals surface area contributed by atoms with Gasteiger partial charge in [-0.1, -0.05) is 23.7 Å². The number of rotatable bonds is 3. The molecular formula is C17H13ClF4N4. The summed E-state index contributed by atoms with van der Waals surface area (Å²) in [5.74, 6) is -1.04. The van der Waals surface area contributed by atoms with Crippen molar-refractivity contribution in [2.75, 3.05) is 5.32 Å². The van der Waals surface area contributed by atoms with E-state index in [0.717, 1.165) is 0 Å². The fourth-order valence-electron chi connectivity index (χ4n) is 2.64. The average Bonchev–Trinajstić information content (AvgIpc) is 2.56. The van der Waals surface area contributed by atoms with E-state index in [1.54, 1.807) is 13.0 Å². The summed E-state index contributed by atoms with van der Waals surface area (Å²) >= 11 is 5.92. The summed E-state index contributed by atoms with van der Waals surface area (Å²) in [6.07, 6.45) is -3.24. The number of hydrogen-bond donors (Lipinski definition) is 1. The van der Waals surface area contributed by atoms with Crippen LogP contribution in [-0.2, 0) is 6.18 Å². The Morgan fingerprint density at radius 2 is 1.88 bits per heavy atom. The van der Waals surface area contributed by atoms with Crippen LogP contribution in [0.5, 0.6) is 0 Å². The molecule has 1 atom stereocenters. The fraction of sp³-hybridized carbons (Fsp3) is 0.235. The molecule has 3 rings (SSSR count). The lowest BCUT2D eigenvalue weighted by molar-refractivity contribution is -0.140. The number of aromatic nitrogens is 3. The van der Waals surface area contributed by atoms with Crippen LogP contribution >= 0.6 is 11.6 Å². The summed E-state index contributed by atoms with van der Waals surface area (Å²) < 4.78 is 53.1. The molecule has 136 valence electrons. The summed E-state index contributed by atoms with van der Waals surface area (Å²) in [6, 6.07) is 3.94. The molecule has 2 heterocycles. The standard InChI is InChI=1S/C17H13ClF4N4/c1-8(10-4-3-5-13(15(10)19)17(20,21)22)24-16-11-6-14(18)23-7-12(11)9(2)25-26-16/h3-8H,1-2H3,(H,24,26)/t8-/m1/s1. The third kappa shape index (κ3) is 3.41. The Hall–Kier alpha value is -2.48. The number of halogens is 5. The van der Waals surface area contributed by atoms with Gasteiger partial charge in [-0.3, -0.25) is 0 Å². The van der Waals surface area contributed by atoms with E-state index in [1.807, 2.05) is 0 Å². The molecule has 0 saturated carbocycles. The Morgan fingerprint density at radius 3 is 2.58 bits per heavy atom. The summed E-state index contributed by atoms with van der Waals surface area (Å²) in [7, 11) is 0. The van der Waals surface area contributed by atoms with Gasteiger partial charge in [-0.15, -0.1) is 5.10 Å². The highest BCUT2D eigenvalue weighted by Crippen LogP contribution is 2.35. The minimum absolute atomic E-state index is 0.129. The van der Waals surface area contributed by atoms with E-state index >= 15 is 0 Å². The Kier molecular flexibility index (Phi) is 4.70. The Labute approximate surface area is 151 Å². The van der Waals surface area contributed by atoms with Crippen molar-refractivity contribution in [1.29, 1.82) is 0 Å². The van der Waals surface area contributed by atoms with E-state index in [2.05, 4.69) is 20.5 Å². The van der Waals surface area contributed by atoms with Crippen molar-refractivity contribution in [2.24, 2.45) is 0 Å². The molecule has 0 spiro atoms. The van der Waals surface area contributed by atoms with Gasteiger partial charge in [0.05, 0.1) is 17.3 Å². The molecule has 0 fully saturated rings. The second kappa shape index (κ2) is 6.68. The van der Waals surface area contributed by atoms with E-state index in [9.17, 15) is 17.6 Å². The van der Waals surface area contributed by atoms with Crippen LogP contribution in [-0.4, -0.2) is 15.2 Å². The maximum atomic E-state index is 14.3. The summed E-state index contributed by atoms with van der Waals surface area (Å²) in [6.45, 7) is 3.28. The van der Waals surface area contributed by atoms with Crippen molar-refractivity contribution in [3.63, 3.8) is 0 Å². The number of aryl methyl sites for hydroxylation is 1. The molecule has 26 heavy (non-hydrogen) atoms. The number of nitrogens with zero attached hydrogens (tertiary/aromatic N) is 3. The van der Waals surface area contributed by atoms with E-state index in [4.69, 9.17) is 11.6 Å². The fourth-order valence-corrected chi connectivity index (χ4v) is 2.80. The van der Waals surface area contributed by atoms with Crippen LogP contribution in [0.2, 0.25) is 5.15 Å². The normalized spacial score (nSPS) is 13.0. The highest BCUT2D eigenvalue weighted by atomic mass is 35.5. The molecule has 0 bridgehead atoms. The number of hydrogen-bond acceptors (Lipinski definition) is 4. The van der Waals surface area contributed by atoms with Gasteiger partial charge in [0.1, 0.15) is 11.0 Å². The molecule has 0 aliphatic rings. The monoisotopic (exact) mass is 384 g/mol. The van der Waals surface area contributed by atoms with Gasteiger partial charge in [0, 0.05) is 22.5 Å². The van der Waals surface area contributed by atoms with Crippen LogP contribution in [0.25, 0.3) is 10.8 Å². The quantitative estimate of drug-likeness (QED) is 0.490. The number of pyridine rings is 1. The molecular weight excluding hydrogens is 372 g/mol. The minimum atomic E-state index is -4.77. The van der Waals surface area contributed by atoms with E-state index in [-0.39, 0.29) is 16.5 Å².